The van der Waals surface area contributed by atoms with Crippen LogP contribution in [0.1, 0.15) is 91.3 Å². The Morgan fingerprint density at radius 2 is 1.68 bits per heavy atom. The molecular weight excluding hydrogens is 430 g/mol. The summed E-state index contributed by atoms with van der Waals surface area (Å²) in [4.78, 5) is 40.8. The van der Waals surface area contributed by atoms with Crippen molar-refractivity contribution in [3.63, 3.8) is 0 Å². The maximum absolute atomic E-state index is 13.5. The highest BCUT2D eigenvalue weighted by atomic mass is 16.6. The van der Waals surface area contributed by atoms with Gasteiger partial charge in [0.1, 0.15) is 18.2 Å². The van der Waals surface area contributed by atoms with Gasteiger partial charge in [-0.2, -0.15) is 0 Å². The number of nitrogens with zero attached hydrogens (tertiary/aromatic N) is 1. The number of nitrogens with one attached hydrogen (secondary N) is 2. The Balaban J connectivity index is 3.30. The molecule has 3 amide bonds. The summed E-state index contributed by atoms with van der Waals surface area (Å²) in [6.07, 6.45) is 2.84. The standard InChI is InChI=1S/C27H45N3O4/c1-9-10-17-28-25(32)24(22-14-12-11-13-20(22)4)30(21(5)16-15-19(2)3)23(31)18-29-26(33)34-27(6,7)8/h11-14,19,21,24H,9-10,15-18H2,1-8H3,(H,28,32)(H,29,33). The molecule has 1 aromatic carbocycles. The first-order chi connectivity index (χ1) is 15.9. The van der Waals surface area contributed by atoms with E-state index in [2.05, 4.69) is 31.4 Å². The number of ether oxygens (including phenoxy) is 1. The first kappa shape index (κ1) is 29.5. The number of alkyl carbamates (subject to hydrolysis) is 1. The van der Waals surface area contributed by atoms with Crippen molar-refractivity contribution in [1.82, 2.24) is 15.5 Å². The minimum absolute atomic E-state index is 0.197. The van der Waals surface area contributed by atoms with Crippen molar-refractivity contribution in [2.75, 3.05) is 13.1 Å². The normalized spacial score (nSPS) is 13.2. The van der Waals surface area contributed by atoms with E-state index in [1.54, 1.807) is 25.7 Å². The maximum Gasteiger partial charge on any atom is 0.408 e. The molecule has 0 bridgehead atoms. The fraction of sp³-hybridized carbons (Fsp3) is 0.667. The van der Waals surface area contributed by atoms with Gasteiger partial charge >= 0.3 is 6.09 Å². The molecule has 34 heavy (non-hydrogen) atoms. The lowest BCUT2D eigenvalue weighted by Gasteiger charge is -2.37. The quantitative estimate of drug-likeness (QED) is 0.410. The first-order valence-electron chi connectivity index (χ1n) is 12.5. The van der Waals surface area contributed by atoms with E-state index in [-0.39, 0.29) is 24.4 Å². The number of hydrogen-bond donors (Lipinski definition) is 2. The summed E-state index contributed by atoms with van der Waals surface area (Å²) in [5.74, 6) is -0.0552. The van der Waals surface area contributed by atoms with Gasteiger partial charge in [-0.3, -0.25) is 9.59 Å². The highest BCUT2D eigenvalue weighted by molar-refractivity contribution is 5.90. The van der Waals surface area contributed by atoms with Gasteiger partial charge in [0.25, 0.3) is 0 Å². The average molecular weight is 476 g/mol. The van der Waals surface area contributed by atoms with Gasteiger partial charge in [0.2, 0.25) is 11.8 Å². The lowest BCUT2D eigenvalue weighted by molar-refractivity contribution is -0.142. The Labute approximate surface area is 206 Å². The van der Waals surface area contributed by atoms with Crippen molar-refractivity contribution in [1.29, 1.82) is 0 Å². The average Bonchev–Trinajstić information content (AvgIpc) is 2.73. The van der Waals surface area contributed by atoms with E-state index < -0.39 is 17.7 Å². The van der Waals surface area contributed by atoms with E-state index in [0.29, 0.717) is 12.5 Å². The first-order valence-corrected chi connectivity index (χ1v) is 12.5. The van der Waals surface area contributed by atoms with Gasteiger partial charge in [-0.25, -0.2) is 4.79 Å². The smallest absolute Gasteiger partial charge is 0.408 e. The Hall–Kier alpha value is -2.57. The fourth-order valence-electron chi connectivity index (χ4n) is 3.71. The number of carbonyl (C=O) groups excluding carboxylic acids is 3. The van der Waals surface area contributed by atoms with Crippen molar-refractivity contribution in [2.24, 2.45) is 5.92 Å². The van der Waals surface area contributed by atoms with Gasteiger partial charge in [0.05, 0.1) is 0 Å². The minimum atomic E-state index is -0.784. The molecule has 0 spiro atoms. The van der Waals surface area contributed by atoms with Crippen LogP contribution in [0.3, 0.4) is 0 Å². The molecule has 7 nitrogen and oxygen atoms in total. The highest BCUT2D eigenvalue weighted by Gasteiger charge is 2.35. The van der Waals surface area contributed by atoms with Crippen molar-refractivity contribution < 1.29 is 19.1 Å². The lowest BCUT2D eigenvalue weighted by Crippen LogP contribution is -2.51. The van der Waals surface area contributed by atoms with Crippen molar-refractivity contribution in [2.45, 2.75) is 98.8 Å². The zero-order chi connectivity index (χ0) is 25.9. The van der Waals surface area contributed by atoms with E-state index in [9.17, 15) is 14.4 Å². The summed E-state index contributed by atoms with van der Waals surface area (Å²) in [7, 11) is 0. The third-order valence-electron chi connectivity index (χ3n) is 5.55. The molecule has 1 aromatic rings. The second-order valence-corrected chi connectivity index (χ2v) is 10.4. The Kier molecular flexibility index (Phi) is 12.1. The molecule has 0 saturated heterocycles. The minimum Gasteiger partial charge on any atom is -0.444 e. The topological polar surface area (TPSA) is 87.7 Å². The fourth-order valence-corrected chi connectivity index (χ4v) is 3.71. The van der Waals surface area contributed by atoms with Gasteiger partial charge < -0.3 is 20.3 Å². The number of hydrogen-bond acceptors (Lipinski definition) is 4. The number of benzene rings is 1. The van der Waals surface area contributed by atoms with Gasteiger partial charge in [-0.15, -0.1) is 0 Å². The lowest BCUT2D eigenvalue weighted by atomic mass is 9.95. The summed E-state index contributed by atoms with van der Waals surface area (Å²) >= 11 is 0. The number of carbonyl (C=O) groups is 3. The van der Waals surface area contributed by atoms with E-state index in [1.165, 1.54) is 0 Å². The summed E-state index contributed by atoms with van der Waals surface area (Å²) in [5.41, 5.74) is 1.06. The summed E-state index contributed by atoms with van der Waals surface area (Å²) < 4.78 is 5.28. The molecule has 0 aromatic heterocycles. The van der Waals surface area contributed by atoms with Crippen LogP contribution < -0.4 is 10.6 Å². The highest BCUT2D eigenvalue weighted by Crippen LogP contribution is 2.28. The SMILES string of the molecule is CCCCNC(=O)C(c1ccccc1C)N(C(=O)CNC(=O)OC(C)(C)C)C(C)CCC(C)C. The van der Waals surface area contributed by atoms with Crippen LogP contribution >= 0.6 is 0 Å². The molecule has 0 heterocycles. The van der Waals surface area contributed by atoms with Crippen LogP contribution in [0.15, 0.2) is 24.3 Å². The third-order valence-corrected chi connectivity index (χ3v) is 5.55. The second kappa shape index (κ2) is 14.0. The molecular formula is C27H45N3O4. The molecule has 0 aliphatic heterocycles. The summed E-state index contributed by atoms with van der Waals surface area (Å²) in [5, 5.41) is 5.58. The monoisotopic (exact) mass is 475 g/mol. The molecule has 2 unspecified atom stereocenters. The Bertz CT molecular complexity index is 801. The van der Waals surface area contributed by atoms with Crippen LogP contribution in [0, 0.1) is 12.8 Å². The van der Waals surface area contributed by atoms with Crippen LogP contribution in [0.2, 0.25) is 0 Å². The predicted molar refractivity (Wildman–Crippen MR) is 136 cm³/mol. The summed E-state index contributed by atoms with van der Waals surface area (Å²) in [6.45, 7) is 15.9. The van der Waals surface area contributed by atoms with Crippen molar-refractivity contribution in [3.8, 4) is 0 Å². The van der Waals surface area contributed by atoms with Crippen LogP contribution in [0.4, 0.5) is 4.79 Å². The molecule has 0 saturated carbocycles. The molecule has 2 N–H and O–H groups in total. The molecule has 0 aliphatic carbocycles. The van der Waals surface area contributed by atoms with E-state index >= 15 is 0 Å². The van der Waals surface area contributed by atoms with Gasteiger partial charge in [-0.05, 0) is 70.9 Å². The van der Waals surface area contributed by atoms with Gasteiger partial charge in [0.15, 0.2) is 0 Å². The maximum atomic E-state index is 13.5. The Morgan fingerprint density at radius 3 is 2.24 bits per heavy atom. The molecule has 0 aliphatic rings. The summed E-state index contributed by atoms with van der Waals surface area (Å²) in [6, 6.07) is 6.67. The van der Waals surface area contributed by atoms with Crippen molar-refractivity contribution >= 4 is 17.9 Å². The molecule has 0 fully saturated rings. The van der Waals surface area contributed by atoms with Gasteiger partial charge in [0, 0.05) is 12.6 Å². The van der Waals surface area contributed by atoms with E-state index in [4.69, 9.17) is 4.74 Å². The number of unbranched alkanes of at least 4 members (excludes halogenated alkanes) is 1. The van der Waals surface area contributed by atoms with Crippen LogP contribution in [0.25, 0.3) is 0 Å². The van der Waals surface area contributed by atoms with Crippen LogP contribution in [0.5, 0.6) is 0 Å². The largest absolute Gasteiger partial charge is 0.444 e. The number of amides is 3. The van der Waals surface area contributed by atoms with E-state index in [0.717, 1.165) is 36.8 Å². The van der Waals surface area contributed by atoms with Gasteiger partial charge in [-0.1, -0.05) is 51.5 Å². The van der Waals surface area contributed by atoms with E-state index in [1.807, 2.05) is 38.1 Å². The Morgan fingerprint density at radius 1 is 1.03 bits per heavy atom. The number of aryl methyl sites for hydroxylation is 1. The van der Waals surface area contributed by atoms with Crippen molar-refractivity contribution in [3.05, 3.63) is 35.4 Å². The zero-order valence-electron chi connectivity index (χ0n) is 22.4. The predicted octanol–water partition coefficient (Wildman–Crippen LogP) is 5.13. The van der Waals surface area contributed by atoms with Crippen LogP contribution in [-0.2, 0) is 14.3 Å². The molecule has 2 atom stereocenters. The molecule has 0 radical (unpaired) electrons. The van der Waals surface area contributed by atoms with Crippen LogP contribution in [-0.4, -0.2) is 47.5 Å². The molecule has 192 valence electrons. The second-order valence-electron chi connectivity index (χ2n) is 10.4. The molecule has 1 rings (SSSR count). The molecule has 7 heteroatoms. The third kappa shape index (κ3) is 10.1. The number of rotatable bonds is 12. The zero-order valence-corrected chi connectivity index (χ0v) is 22.4.